The molecule has 0 aliphatic carbocycles. The second-order valence-electron chi connectivity index (χ2n) is 6.16. The summed E-state index contributed by atoms with van der Waals surface area (Å²) in [6.07, 6.45) is 0. The summed E-state index contributed by atoms with van der Waals surface area (Å²) in [5.74, 6) is 0. The van der Waals surface area contributed by atoms with Crippen LogP contribution < -0.4 is 21.7 Å². The van der Waals surface area contributed by atoms with Gasteiger partial charge in [-0.2, -0.15) is 0 Å². The van der Waals surface area contributed by atoms with Gasteiger partial charge in [0, 0.05) is 5.69 Å². The van der Waals surface area contributed by atoms with E-state index < -0.39 is 0 Å². The number of hydrogen-bond donors (Lipinski definition) is 2. The van der Waals surface area contributed by atoms with Crippen LogP contribution in [0.1, 0.15) is 26.3 Å². The van der Waals surface area contributed by atoms with Crippen molar-refractivity contribution in [2.24, 2.45) is 9.98 Å². The Balaban J connectivity index is 1.99. The molecule has 5 heteroatoms. The molecule has 0 atom stereocenters. The number of nitrogens with zero attached hydrogens (tertiary/aromatic N) is 2. The molecular formula is C16H18N4O. The number of aromatic amines is 1. The third kappa shape index (κ3) is 2.72. The van der Waals surface area contributed by atoms with Crippen LogP contribution >= 0.6 is 0 Å². The molecule has 21 heavy (non-hydrogen) atoms. The molecular weight excluding hydrogens is 264 g/mol. The summed E-state index contributed by atoms with van der Waals surface area (Å²) >= 11 is 0. The van der Waals surface area contributed by atoms with Crippen LogP contribution in [-0.2, 0) is 5.41 Å². The van der Waals surface area contributed by atoms with Crippen molar-refractivity contribution in [2.45, 2.75) is 26.2 Å². The maximum absolute atomic E-state index is 12.0. The van der Waals surface area contributed by atoms with E-state index in [1.54, 1.807) is 6.07 Å². The number of aromatic nitrogens is 1. The van der Waals surface area contributed by atoms with Crippen molar-refractivity contribution >= 4 is 11.4 Å². The van der Waals surface area contributed by atoms with Gasteiger partial charge in [0.1, 0.15) is 17.7 Å². The minimum atomic E-state index is -0.184. The lowest BCUT2D eigenvalue weighted by Gasteiger charge is -2.20. The molecule has 1 aromatic heterocycles. The summed E-state index contributed by atoms with van der Waals surface area (Å²) in [7, 11) is 0. The van der Waals surface area contributed by atoms with E-state index in [0.29, 0.717) is 17.8 Å². The predicted octanol–water partition coefficient (Wildman–Crippen LogP) is 1.63. The third-order valence-corrected chi connectivity index (χ3v) is 3.48. The van der Waals surface area contributed by atoms with Gasteiger partial charge in [0.15, 0.2) is 5.49 Å². The lowest BCUT2D eigenvalue weighted by atomic mass is 9.87. The topological polar surface area (TPSA) is 69.6 Å². The number of nitrogens with one attached hydrogen (secondary N) is 2. The molecule has 0 bridgehead atoms. The smallest absolute Gasteiger partial charge is 0.273 e. The normalized spacial score (nSPS) is 13.3. The van der Waals surface area contributed by atoms with E-state index in [2.05, 4.69) is 53.2 Å². The molecule has 0 unspecified atom stereocenters. The van der Waals surface area contributed by atoms with Crippen molar-refractivity contribution in [3.05, 3.63) is 57.1 Å². The van der Waals surface area contributed by atoms with Gasteiger partial charge in [-0.1, -0.05) is 32.9 Å². The average molecular weight is 282 g/mol. The lowest BCUT2D eigenvalue weighted by molar-refractivity contribution is 0.590. The minimum absolute atomic E-state index is 0.0657. The van der Waals surface area contributed by atoms with Crippen LogP contribution in [0.3, 0.4) is 0 Å². The molecule has 2 N–H and O–H groups in total. The Kier molecular flexibility index (Phi) is 3.12. The lowest BCUT2D eigenvalue weighted by Crippen LogP contribution is -2.33. The van der Waals surface area contributed by atoms with E-state index in [-0.39, 0.29) is 11.0 Å². The molecule has 1 aliphatic heterocycles. The largest absolute Gasteiger partial charge is 0.351 e. The van der Waals surface area contributed by atoms with Crippen molar-refractivity contribution in [3.63, 3.8) is 0 Å². The van der Waals surface area contributed by atoms with Crippen molar-refractivity contribution in [1.82, 2.24) is 4.98 Å². The van der Waals surface area contributed by atoms with Gasteiger partial charge in [0.25, 0.3) is 5.56 Å². The Labute approximate surface area is 122 Å². The summed E-state index contributed by atoms with van der Waals surface area (Å²) in [5.41, 5.74) is 3.04. The monoisotopic (exact) mass is 282 g/mol. The molecule has 1 aliphatic rings. The molecule has 0 saturated carbocycles. The second kappa shape index (κ2) is 4.84. The third-order valence-electron chi connectivity index (χ3n) is 3.48. The minimum Gasteiger partial charge on any atom is -0.351 e. The summed E-state index contributed by atoms with van der Waals surface area (Å²) in [4.78, 5) is 23.1. The van der Waals surface area contributed by atoms with Crippen LogP contribution in [0.15, 0.2) is 45.1 Å². The van der Waals surface area contributed by atoms with Crippen LogP contribution in [0, 0.1) is 0 Å². The van der Waals surface area contributed by atoms with Gasteiger partial charge >= 0.3 is 0 Å². The first kappa shape index (κ1) is 13.5. The molecule has 2 aromatic rings. The van der Waals surface area contributed by atoms with Crippen molar-refractivity contribution in [2.75, 3.05) is 12.0 Å². The molecule has 0 fully saturated rings. The Morgan fingerprint density at radius 3 is 2.76 bits per heavy atom. The molecule has 0 spiro atoms. The van der Waals surface area contributed by atoms with E-state index in [1.807, 2.05) is 12.1 Å². The zero-order valence-electron chi connectivity index (χ0n) is 12.4. The van der Waals surface area contributed by atoms with Gasteiger partial charge < -0.3 is 10.3 Å². The van der Waals surface area contributed by atoms with E-state index in [0.717, 1.165) is 11.0 Å². The highest BCUT2D eigenvalue weighted by atomic mass is 16.1. The molecule has 0 amide bonds. The van der Waals surface area contributed by atoms with Gasteiger partial charge in [-0.15, -0.1) is 0 Å². The van der Waals surface area contributed by atoms with Gasteiger partial charge in [-0.25, -0.2) is 4.99 Å². The fourth-order valence-electron chi connectivity index (χ4n) is 2.24. The van der Waals surface area contributed by atoms with Crippen LogP contribution in [-0.4, -0.2) is 11.7 Å². The molecule has 2 heterocycles. The van der Waals surface area contributed by atoms with Crippen LogP contribution in [0.5, 0.6) is 0 Å². The summed E-state index contributed by atoms with van der Waals surface area (Å²) < 4.78 is 0. The van der Waals surface area contributed by atoms with Gasteiger partial charge in [-0.3, -0.25) is 9.79 Å². The highest BCUT2D eigenvalue weighted by Crippen LogP contribution is 2.25. The summed E-state index contributed by atoms with van der Waals surface area (Å²) in [6.45, 7) is 6.87. The Hall–Kier alpha value is -2.43. The Morgan fingerprint density at radius 1 is 1.19 bits per heavy atom. The zero-order chi connectivity index (χ0) is 15.0. The fraction of sp³-hybridized carbons (Fsp3) is 0.312. The quantitative estimate of drug-likeness (QED) is 0.879. The summed E-state index contributed by atoms with van der Waals surface area (Å²) in [6, 6.07) is 9.84. The molecule has 108 valence electrons. The highest BCUT2D eigenvalue weighted by Gasteiger charge is 2.14. The SMILES string of the molecule is CC(C)(C)c1cccc(Nc2cc3c([nH]c2=O)=NCN=3)c1. The zero-order valence-corrected chi connectivity index (χ0v) is 12.4. The van der Waals surface area contributed by atoms with Crippen LogP contribution in [0.25, 0.3) is 0 Å². The first-order valence-electron chi connectivity index (χ1n) is 6.93. The number of benzene rings is 1. The van der Waals surface area contributed by atoms with Gasteiger partial charge in [0.05, 0.1) is 0 Å². The van der Waals surface area contributed by atoms with Crippen LogP contribution in [0.2, 0.25) is 0 Å². The fourth-order valence-corrected chi connectivity index (χ4v) is 2.24. The standard InChI is InChI=1S/C16H18N4O/c1-16(2,3)10-5-4-6-11(7-10)19-13-8-12-14(18-9-17-12)20-15(13)21/h4-8,19H,9H2,1-3H3,(H,18,20,21). The molecule has 1 aromatic carbocycles. The first-order valence-corrected chi connectivity index (χ1v) is 6.93. The van der Waals surface area contributed by atoms with Crippen molar-refractivity contribution < 1.29 is 0 Å². The number of anilines is 2. The van der Waals surface area contributed by atoms with Crippen molar-refractivity contribution in [1.29, 1.82) is 0 Å². The first-order chi connectivity index (χ1) is 9.93. The Morgan fingerprint density at radius 2 is 2.00 bits per heavy atom. The van der Waals surface area contributed by atoms with E-state index >= 15 is 0 Å². The maximum Gasteiger partial charge on any atom is 0.273 e. The molecule has 3 rings (SSSR count). The van der Waals surface area contributed by atoms with Gasteiger partial charge in [0.2, 0.25) is 0 Å². The molecule has 5 nitrogen and oxygen atoms in total. The summed E-state index contributed by atoms with van der Waals surface area (Å²) in [5, 5.41) is 3.89. The van der Waals surface area contributed by atoms with E-state index in [4.69, 9.17) is 0 Å². The van der Waals surface area contributed by atoms with Crippen LogP contribution in [0.4, 0.5) is 11.4 Å². The Bertz CT molecular complexity index is 859. The number of H-pyrrole nitrogens is 1. The number of fused-ring (bicyclic) bond motifs is 1. The van der Waals surface area contributed by atoms with E-state index in [9.17, 15) is 4.79 Å². The number of pyridine rings is 1. The highest BCUT2D eigenvalue weighted by molar-refractivity contribution is 5.59. The molecule has 0 radical (unpaired) electrons. The van der Waals surface area contributed by atoms with Gasteiger partial charge in [-0.05, 0) is 29.2 Å². The second-order valence-corrected chi connectivity index (χ2v) is 6.16. The number of hydrogen-bond acceptors (Lipinski definition) is 4. The predicted molar refractivity (Wildman–Crippen MR) is 82.7 cm³/mol. The molecule has 0 saturated heterocycles. The average Bonchev–Trinajstić information content (AvgIpc) is 2.85. The van der Waals surface area contributed by atoms with Crippen molar-refractivity contribution in [3.8, 4) is 0 Å². The van der Waals surface area contributed by atoms with E-state index in [1.165, 1.54) is 5.56 Å². The number of rotatable bonds is 2. The maximum atomic E-state index is 12.0.